The topological polar surface area (TPSA) is 54.9 Å². The highest BCUT2D eigenvalue weighted by Gasteiger charge is 2.09. The summed E-state index contributed by atoms with van der Waals surface area (Å²) in [5, 5.41) is 12.2. The number of hydrogen-bond donors (Lipinski definition) is 1. The van der Waals surface area contributed by atoms with Gasteiger partial charge in [-0.25, -0.2) is 0 Å². The maximum Gasteiger partial charge on any atom is 0.236 e. The molecule has 9 heteroatoms. The molecule has 1 heterocycles. The summed E-state index contributed by atoms with van der Waals surface area (Å²) < 4.78 is 0.809. The van der Waals surface area contributed by atoms with Crippen LogP contribution in [0.2, 0.25) is 10.0 Å². The summed E-state index contributed by atoms with van der Waals surface area (Å²) >= 11 is 16.2. The average Bonchev–Trinajstić information content (AvgIpc) is 2.96. The summed E-state index contributed by atoms with van der Waals surface area (Å²) in [5.74, 6) is 1.67. The average molecular weight is 406 g/mol. The Kier molecular flexibility index (Phi) is 7.72. The van der Waals surface area contributed by atoms with E-state index in [1.165, 1.54) is 34.9 Å². The number of nitrogens with zero attached hydrogens (tertiary/aromatic N) is 2. The molecule has 1 amide bonds. The largest absolute Gasteiger partial charge is 0.300 e. The lowest BCUT2D eigenvalue weighted by molar-refractivity contribution is -0.113. The van der Waals surface area contributed by atoms with E-state index in [4.69, 9.17) is 23.2 Å². The lowest BCUT2D eigenvalue weighted by Crippen LogP contribution is -2.13. The molecule has 0 saturated carbocycles. The van der Waals surface area contributed by atoms with Crippen molar-refractivity contribution in [1.82, 2.24) is 10.2 Å². The molecular weight excluding hydrogens is 393 g/mol. The van der Waals surface area contributed by atoms with Crippen molar-refractivity contribution in [2.75, 3.05) is 16.8 Å². The summed E-state index contributed by atoms with van der Waals surface area (Å²) in [5.41, 5.74) is 1.02. The van der Waals surface area contributed by atoms with Crippen molar-refractivity contribution in [3.8, 4) is 0 Å². The van der Waals surface area contributed by atoms with Gasteiger partial charge in [-0.15, -0.1) is 28.5 Å². The zero-order valence-electron chi connectivity index (χ0n) is 11.9. The van der Waals surface area contributed by atoms with Crippen molar-refractivity contribution in [3.05, 3.63) is 46.5 Å². The summed E-state index contributed by atoms with van der Waals surface area (Å²) in [6.07, 6.45) is 1.80. The van der Waals surface area contributed by atoms with Gasteiger partial charge >= 0.3 is 0 Å². The lowest BCUT2D eigenvalue weighted by atomic mass is 10.2. The molecule has 1 aromatic carbocycles. The Morgan fingerprint density at radius 2 is 2.17 bits per heavy atom. The van der Waals surface area contributed by atoms with Gasteiger partial charge in [0.15, 0.2) is 4.34 Å². The van der Waals surface area contributed by atoms with Crippen molar-refractivity contribution >= 4 is 69.1 Å². The van der Waals surface area contributed by atoms with Crippen LogP contribution in [0.4, 0.5) is 5.13 Å². The molecule has 0 aliphatic carbocycles. The smallest absolute Gasteiger partial charge is 0.236 e. The molecule has 0 atom stereocenters. The molecule has 2 aromatic rings. The van der Waals surface area contributed by atoms with Crippen LogP contribution in [-0.4, -0.2) is 27.6 Å². The zero-order chi connectivity index (χ0) is 16.7. The number of anilines is 1. The predicted octanol–water partition coefficient (Wildman–Crippen LogP) is 4.99. The van der Waals surface area contributed by atoms with Gasteiger partial charge in [-0.05, 0) is 17.7 Å². The molecule has 2 rings (SSSR count). The van der Waals surface area contributed by atoms with E-state index in [2.05, 4.69) is 22.1 Å². The number of nitrogens with one attached hydrogen (secondary N) is 1. The van der Waals surface area contributed by atoms with Crippen LogP contribution in [0.15, 0.2) is 35.2 Å². The lowest BCUT2D eigenvalue weighted by Gasteiger charge is -2.03. The minimum Gasteiger partial charge on any atom is -0.300 e. The molecule has 1 N–H and O–H groups in total. The van der Waals surface area contributed by atoms with Crippen LogP contribution in [-0.2, 0) is 10.5 Å². The normalized spacial score (nSPS) is 10.5. The third-order valence-corrected chi connectivity index (χ3v) is 6.17. The van der Waals surface area contributed by atoms with E-state index in [1.807, 2.05) is 12.1 Å². The van der Waals surface area contributed by atoms with E-state index in [0.29, 0.717) is 26.7 Å². The summed E-state index contributed by atoms with van der Waals surface area (Å²) in [4.78, 5) is 11.9. The minimum absolute atomic E-state index is 0.105. The molecule has 0 aliphatic rings. The van der Waals surface area contributed by atoms with Crippen molar-refractivity contribution in [2.45, 2.75) is 10.1 Å². The zero-order valence-corrected chi connectivity index (χ0v) is 15.9. The number of carbonyl (C=O) groups is 1. The van der Waals surface area contributed by atoms with Gasteiger partial charge in [0.1, 0.15) is 0 Å². The SMILES string of the molecule is C=CCSc1nnc(NC(=O)CSCc2ccc(Cl)c(Cl)c2)s1. The van der Waals surface area contributed by atoms with Crippen molar-refractivity contribution in [3.63, 3.8) is 0 Å². The molecular formula is C14H13Cl2N3OS3. The molecule has 4 nitrogen and oxygen atoms in total. The summed E-state index contributed by atoms with van der Waals surface area (Å²) in [6, 6.07) is 5.46. The Hall–Kier alpha value is -0.730. The number of halogens is 2. The van der Waals surface area contributed by atoms with E-state index in [9.17, 15) is 4.79 Å². The van der Waals surface area contributed by atoms with Crippen LogP contribution in [0.5, 0.6) is 0 Å². The van der Waals surface area contributed by atoms with Gasteiger partial charge in [-0.3, -0.25) is 10.1 Å². The molecule has 1 aromatic heterocycles. The molecule has 23 heavy (non-hydrogen) atoms. The highest BCUT2D eigenvalue weighted by molar-refractivity contribution is 8.01. The standard InChI is InChI=1S/C14H13Cl2N3OS3/c1-2-5-22-14-19-18-13(23-14)17-12(20)8-21-7-9-3-4-10(15)11(16)6-9/h2-4,6H,1,5,7-8H2,(H,17,18,20). The first kappa shape index (κ1) is 18.6. The van der Waals surface area contributed by atoms with Gasteiger partial charge in [-0.2, -0.15) is 0 Å². The van der Waals surface area contributed by atoms with Crippen LogP contribution in [0.25, 0.3) is 0 Å². The fourth-order valence-electron chi connectivity index (χ4n) is 1.50. The van der Waals surface area contributed by atoms with Gasteiger partial charge in [0.25, 0.3) is 0 Å². The van der Waals surface area contributed by atoms with Crippen LogP contribution in [0.1, 0.15) is 5.56 Å². The Morgan fingerprint density at radius 1 is 1.35 bits per heavy atom. The second-order valence-electron chi connectivity index (χ2n) is 4.26. The predicted molar refractivity (Wildman–Crippen MR) is 102 cm³/mol. The Morgan fingerprint density at radius 3 is 2.91 bits per heavy atom. The molecule has 0 aliphatic heterocycles. The molecule has 0 bridgehead atoms. The Bertz CT molecular complexity index is 694. The maximum atomic E-state index is 11.9. The van der Waals surface area contributed by atoms with Crippen molar-refractivity contribution in [2.24, 2.45) is 0 Å². The van der Waals surface area contributed by atoms with Crippen LogP contribution in [0.3, 0.4) is 0 Å². The molecule has 0 saturated heterocycles. The molecule has 122 valence electrons. The second kappa shape index (κ2) is 9.54. The third-order valence-electron chi connectivity index (χ3n) is 2.46. The number of benzene rings is 1. The first-order valence-electron chi connectivity index (χ1n) is 6.47. The van der Waals surface area contributed by atoms with Gasteiger partial charge in [-0.1, -0.05) is 58.4 Å². The van der Waals surface area contributed by atoms with Gasteiger partial charge in [0.2, 0.25) is 11.0 Å². The van der Waals surface area contributed by atoms with E-state index in [1.54, 1.807) is 12.1 Å². The number of amides is 1. The fraction of sp³-hybridized carbons (Fsp3) is 0.214. The van der Waals surface area contributed by atoms with E-state index < -0.39 is 0 Å². The van der Waals surface area contributed by atoms with Crippen LogP contribution in [0, 0.1) is 0 Å². The summed E-state index contributed by atoms with van der Waals surface area (Å²) in [7, 11) is 0. The number of aromatic nitrogens is 2. The van der Waals surface area contributed by atoms with Crippen LogP contribution < -0.4 is 5.32 Å². The third kappa shape index (κ3) is 6.35. The molecule has 0 unspecified atom stereocenters. The molecule has 0 radical (unpaired) electrons. The van der Waals surface area contributed by atoms with Gasteiger partial charge in [0.05, 0.1) is 15.8 Å². The first-order chi connectivity index (χ1) is 11.1. The van der Waals surface area contributed by atoms with E-state index in [0.717, 1.165) is 15.7 Å². The molecule has 0 spiro atoms. The van der Waals surface area contributed by atoms with E-state index >= 15 is 0 Å². The summed E-state index contributed by atoms with van der Waals surface area (Å²) in [6.45, 7) is 3.65. The van der Waals surface area contributed by atoms with E-state index in [-0.39, 0.29) is 5.91 Å². The van der Waals surface area contributed by atoms with Crippen molar-refractivity contribution in [1.29, 1.82) is 0 Å². The number of hydrogen-bond acceptors (Lipinski definition) is 6. The minimum atomic E-state index is -0.105. The first-order valence-corrected chi connectivity index (χ1v) is 10.2. The van der Waals surface area contributed by atoms with Gasteiger partial charge < -0.3 is 0 Å². The number of rotatable bonds is 8. The highest BCUT2D eigenvalue weighted by Crippen LogP contribution is 2.26. The van der Waals surface area contributed by atoms with Crippen LogP contribution >= 0.6 is 58.1 Å². The Labute approximate surface area is 157 Å². The molecule has 0 fully saturated rings. The number of thioether (sulfide) groups is 2. The Balaban J connectivity index is 1.75. The quantitative estimate of drug-likeness (QED) is 0.380. The fourth-order valence-corrected chi connectivity index (χ4v) is 4.12. The van der Waals surface area contributed by atoms with Crippen molar-refractivity contribution < 1.29 is 4.79 Å². The second-order valence-corrected chi connectivity index (χ2v) is 8.31. The van der Waals surface area contributed by atoms with Gasteiger partial charge in [0, 0.05) is 11.5 Å². The number of carbonyl (C=O) groups excluding carboxylic acids is 1. The monoisotopic (exact) mass is 405 g/mol. The maximum absolute atomic E-state index is 11.9. The highest BCUT2D eigenvalue weighted by atomic mass is 35.5.